The molecule has 0 radical (unpaired) electrons. The van der Waals surface area contributed by atoms with Crippen LogP contribution in [0.25, 0.3) is 0 Å². The minimum absolute atomic E-state index is 0.0259. The third kappa shape index (κ3) is 3.66. The van der Waals surface area contributed by atoms with Gasteiger partial charge in [-0.05, 0) is 18.8 Å². The van der Waals surface area contributed by atoms with Crippen LogP contribution in [0.3, 0.4) is 0 Å². The maximum atomic E-state index is 11.9. The number of carbonyl (C=O) groups is 1. The van der Waals surface area contributed by atoms with Gasteiger partial charge < -0.3 is 15.4 Å². The fourth-order valence-electron chi connectivity index (χ4n) is 2.30. The maximum absolute atomic E-state index is 11.9. The minimum atomic E-state index is -0.505. The first-order chi connectivity index (χ1) is 8.20. The van der Waals surface area contributed by atoms with Crippen LogP contribution in [0.1, 0.15) is 12.8 Å². The van der Waals surface area contributed by atoms with Gasteiger partial charge >= 0.3 is 0 Å². The molecule has 2 rings (SSSR count). The Balaban J connectivity index is 1.71. The van der Waals surface area contributed by atoms with E-state index in [1.165, 1.54) is 19.4 Å². The van der Waals surface area contributed by atoms with Crippen molar-refractivity contribution in [3.8, 4) is 0 Å². The largest absolute Gasteiger partial charge is 0.383 e. The predicted octanol–water partition coefficient (Wildman–Crippen LogP) is -0.486. The standard InChI is InChI=1S/C12H23N3O2/c1-17-9-11(13)12(16)15-6-4-14(5-7-15)8-10-2-3-10/h10-11H,2-9,13H2,1H3. The van der Waals surface area contributed by atoms with Crippen LogP contribution in [-0.2, 0) is 9.53 Å². The molecule has 1 aliphatic carbocycles. The summed E-state index contributed by atoms with van der Waals surface area (Å²) in [5, 5.41) is 0. The molecule has 5 nitrogen and oxygen atoms in total. The Kier molecular flexibility index (Phi) is 4.36. The molecular weight excluding hydrogens is 218 g/mol. The highest BCUT2D eigenvalue weighted by Gasteiger charge is 2.28. The molecule has 1 heterocycles. The highest BCUT2D eigenvalue weighted by Crippen LogP contribution is 2.29. The van der Waals surface area contributed by atoms with Crippen LogP contribution in [0.4, 0.5) is 0 Å². The molecule has 98 valence electrons. The van der Waals surface area contributed by atoms with Crippen molar-refractivity contribution in [1.82, 2.24) is 9.80 Å². The van der Waals surface area contributed by atoms with Crippen molar-refractivity contribution >= 4 is 5.91 Å². The lowest BCUT2D eigenvalue weighted by Crippen LogP contribution is -2.54. The van der Waals surface area contributed by atoms with Crippen molar-refractivity contribution in [2.45, 2.75) is 18.9 Å². The first-order valence-electron chi connectivity index (χ1n) is 6.46. The topological polar surface area (TPSA) is 58.8 Å². The van der Waals surface area contributed by atoms with E-state index in [0.29, 0.717) is 6.61 Å². The molecule has 1 atom stereocenters. The minimum Gasteiger partial charge on any atom is -0.383 e. The van der Waals surface area contributed by atoms with Gasteiger partial charge in [0.2, 0.25) is 5.91 Å². The lowest BCUT2D eigenvalue weighted by molar-refractivity contribution is -0.135. The quantitative estimate of drug-likeness (QED) is 0.706. The first-order valence-corrected chi connectivity index (χ1v) is 6.46. The van der Waals surface area contributed by atoms with Crippen molar-refractivity contribution < 1.29 is 9.53 Å². The maximum Gasteiger partial charge on any atom is 0.241 e. The Hall–Kier alpha value is -0.650. The molecule has 0 bridgehead atoms. The second-order valence-corrected chi connectivity index (χ2v) is 5.13. The lowest BCUT2D eigenvalue weighted by Gasteiger charge is -2.35. The molecule has 2 fully saturated rings. The van der Waals surface area contributed by atoms with E-state index in [1.54, 1.807) is 7.11 Å². The zero-order chi connectivity index (χ0) is 12.3. The summed E-state index contributed by atoms with van der Waals surface area (Å²) in [5.41, 5.74) is 5.75. The summed E-state index contributed by atoms with van der Waals surface area (Å²) >= 11 is 0. The van der Waals surface area contributed by atoms with Crippen molar-refractivity contribution in [3.05, 3.63) is 0 Å². The van der Waals surface area contributed by atoms with E-state index in [2.05, 4.69) is 4.90 Å². The molecular formula is C12H23N3O2. The van der Waals surface area contributed by atoms with Crippen molar-refractivity contribution in [2.24, 2.45) is 11.7 Å². The van der Waals surface area contributed by atoms with Crippen LogP contribution < -0.4 is 5.73 Å². The molecule has 5 heteroatoms. The number of amides is 1. The Morgan fingerprint density at radius 2 is 2.00 bits per heavy atom. The van der Waals surface area contributed by atoms with Crippen molar-refractivity contribution in [3.63, 3.8) is 0 Å². The molecule has 1 saturated carbocycles. The van der Waals surface area contributed by atoms with Crippen molar-refractivity contribution in [1.29, 1.82) is 0 Å². The van der Waals surface area contributed by atoms with E-state index in [0.717, 1.165) is 32.1 Å². The van der Waals surface area contributed by atoms with Crippen LogP contribution in [0, 0.1) is 5.92 Å². The summed E-state index contributed by atoms with van der Waals surface area (Å²) in [4.78, 5) is 16.3. The molecule has 1 aliphatic heterocycles. The van der Waals surface area contributed by atoms with Gasteiger partial charge in [0.1, 0.15) is 6.04 Å². The lowest BCUT2D eigenvalue weighted by atomic mass is 10.2. The number of hydrogen-bond acceptors (Lipinski definition) is 4. The average molecular weight is 241 g/mol. The average Bonchev–Trinajstić information content (AvgIpc) is 3.13. The molecule has 0 spiro atoms. The summed E-state index contributed by atoms with van der Waals surface area (Å²) in [5.74, 6) is 0.950. The Labute approximate surface area is 103 Å². The number of carbonyl (C=O) groups excluding carboxylic acids is 1. The van der Waals surface area contributed by atoms with Crippen LogP contribution in [-0.4, -0.2) is 68.2 Å². The van der Waals surface area contributed by atoms with Crippen LogP contribution in [0.2, 0.25) is 0 Å². The molecule has 0 aromatic rings. The van der Waals surface area contributed by atoms with Gasteiger partial charge in [-0.25, -0.2) is 0 Å². The van der Waals surface area contributed by atoms with E-state index in [4.69, 9.17) is 10.5 Å². The van der Waals surface area contributed by atoms with E-state index in [-0.39, 0.29) is 5.91 Å². The summed E-state index contributed by atoms with van der Waals surface area (Å²) in [6, 6.07) is -0.505. The molecule has 2 aliphatic rings. The van der Waals surface area contributed by atoms with E-state index in [1.807, 2.05) is 4.90 Å². The van der Waals surface area contributed by atoms with E-state index >= 15 is 0 Å². The smallest absolute Gasteiger partial charge is 0.241 e. The van der Waals surface area contributed by atoms with Gasteiger partial charge in [-0.3, -0.25) is 9.69 Å². The summed E-state index contributed by atoms with van der Waals surface area (Å²) in [6.45, 7) is 5.11. The highest BCUT2D eigenvalue weighted by atomic mass is 16.5. The number of methoxy groups -OCH3 is 1. The van der Waals surface area contributed by atoms with Gasteiger partial charge in [0.05, 0.1) is 6.61 Å². The zero-order valence-electron chi connectivity index (χ0n) is 10.6. The summed E-state index contributed by atoms with van der Waals surface area (Å²) in [6.07, 6.45) is 2.77. The molecule has 1 saturated heterocycles. The number of piperazine rings is 1. The van der Waals surface area contributed by atoms with Gasteiger partial charge in [0.25, 0.3) is 0 Å². The van der Waals surface area contributed by atoms with Crippen molar-refractivity contribution in [2.75, 3.05) is 46.4 Å². The third-order valence-electron chi connectivity index (χ3n) is 3.56. The second-order valence-electron chi connectivity index (χ2n) is 5.13. The van der Waals surface area contributed by atoms with Gasteiger partial charge in [0.15, 0.2) is 0 Å². The Morgan fingerprint density at radius 1 is 1.35 bits per heavy atom. The number of nitrogens with two attached hydrogens (primary N) is 1. The molecule has 1 amide bonds. The predicted molar refractivity (Wildman–Crippen MR) is 65.6 cm³/mol. The summed E-state index contributed by atoms with van der Waals surface area (Å²) < 4.78 is 4.91. The monoisotopic (exact) mass is 241 g/mol. The number of rotatable bonds is 5. The van der Waals surface area contributed by atoms with Gasteiger partial charge in [-0.2, -0.15) is 0 Å². The second kappa shape index (κ2) is 5.80. The SMILES string of the molecule is COCC(N)C(=O)N1CCN(CC2CC2)CC1. The Bertz CT molecular complexity index is 260. The van der Waals surface area contributed by atoms with Crippen LogP contribution >= 0.6 is 0 Å². The molecule has 0 aromatic heterocycles. The highest BCUT2D eigenvalue weighted by molar-refractivity contribution is 5.81. The molecule has 17 heavy (non-hydrogen) atoms. The molecule has 2 N–H and O–H groups in total. The van der Waals surface area contributed by atoms with E-state index in [9.17, 15) is 4.79 Å². The molecule has 1 unspecified atom stereocenters. The summed E-state index contributed by atoms with van der Waals surface area (Å²) in [7, 11) is 1.57. The zero-order valence-corrected chi connectivity index (χ0v) is 10.6. The normalized spacial score (nSPS) is 23.8. The van der Waals surface area contributed by atoms with Crippen LogP contribution in [0.5, 0.6) is 0 Å². The number of hydrogen-bond donors (Lipinski definition) is 1. The van der Waals surface area contributed by atoms with E-state index < -0.39 is 6.04 Å². The van der Waals surface area contributed by atoms with Gasteiger partial charge in [0, 0.05) is 39.8 Å². The van der Waals surface area contributed by atoms with Gasteiger partial charge in [-0.1, -0.05) is 0 Å². The Morgan fingerprint density at radius 3 is 2.53 bits per heavy atom. The van der Waals surface area contributed by atoms with Gasteiger partial charge in [-0.15, -0.1) is 0 Å². The third-order valence-corrected chi connectivity index (χ3v) is 3.56. The van der Waals surface area contributed by atoms with Crippen LogP contribution in [0.15, 0.2) is 0 Å². The number of ether oxygens (including phenoxy) is 1. The fourth-order valence-corrected chi connectivity index (χ4v) is 2.30. The first kappa shape index (κ1) is 12.8. The fraction of sp³-hybridized carbons (Fsp3) is 0.917. The molecule has 0 aromatic carbocycles. The number of nitrogens with zero attached hydrogens (tertiary/aromatic N) is 2.